The molecule has 0 radical (unpaired) electrons. The number of nitrogens with zero attached hydrogens (tertiary/aromatic N) is 1. The molecule has 0 aliphatic carbocycles. The van der Waals surface area contributed by atoms with E-state index < -0.39 is 52.0 Å². The Morgan fingerprint density at radius 1 is 0.909 bits per heavy atom. The van der Waals surface area contributed by atoms with Gasteiger partial charge in [-0.25, -0.2) is 9.59 Å². The Labute approximate surface area is 252 Å². The number of amides is 2. The normalized spacial score (nSPS) is 13.7. The maximum atomic E-state index is 12.9. The van der Waals surface area contributed by atoms with E-state index in [1.54, 1.807) is 7.05 Å². The first-order chi connectivity index (χ1) is 20.8. The lowest BCUT2D eigenvalue weighted by Crippen LogP contribution is -2.22. The number of carbonyl (C=O) groups is 5. The number of ketones is 1. The number of hydrogen-bond donors (Lipinski definition) is 6. The topological polar surface area (TPSA) is 226 Å². The lowest BCUT2D eigenvalue weighted by atomic mass is 9.95. The number of ether oxygens (including phenoxy) is 2. The summed E-state index contributed by atoms with van der Waals surface area (Å²) in [5.74, 6) is -4.93. The fraction of sp³-hybridized carbons (Fsp3) is 0.233. The van der Waals surface area contributed by atoms with E-state index in [4.69, 9.17) is 20.4 Å². The van der Waals surface area contributed by atoms with Crippen LogP contribution in [0.25, 0.3) is 0 Å². The smallest absolute Gasteiger partial charge is 0.338 e. The molecule has 14 heteroatoms. The molecule has 0 bridgehead atoms. The van der Waals surface area contributed by atoms with Crippen molar-refractivity contribution in [1.29, 1.82) is 0 Å². The minimum atomic E-state index is -1.01. The molecule has 0 aromatic heterocycles. The SMILES string of the molecule is CNC=O.COC(=O)c1cccc(O)c1C(=O)c1c(O)cc(C(=O)OC2CCN(C)C2)cc1O.NC(=O)c1ccc(O)cc1. The van der Waals surface area contributed by atoms with Crippen molar-refractivity contribution >= 4 is 30.0 Å². The number of benzene rings is 3. The van der Waals surface area contributed by atoms with Gasteiger partial charge in [-0.15, -0.1) is 0 Å². The second-order valence-corrected chi connectivity index (χ2v) is 9.31. The summed E-state index contributed by atoms with van der Waals surface area (Å²) < 4.78 is 9.97. The molecular weight excluding hydrogens is 578 g/mol. The highest BCUT2D eigenvalue weighted by atomic mass is 16.5. The Bertz CT molecular complexity index is 1480. The molecule has 3 aromatic carbocycles. The van der Waals surface area contributed by atoms with Crippen LogP contribution >= 0.6 is 0 Å². The summed E-state index contributed by atoms with van der Waals surface area (Å²) in [6.07, 6.45) is 0.984. The number of nitrogens with two attached hydrogens (primary N) is 1. The van der Waals surface area contributed by atoms with Crippen LogP contribution in [-0.4, -0.2) is 95.8 Å². The molecule has 0 saturated carbocycles. The summed E-state index contributed by atoms with van der Waals surface area (Å²) >= 11 is 0. The molecule has 1 aliphatic rings. The van der Waals surface area contributed by atoms with Gasteiger partial charge in [0.25, 0.3) is 0 Å². The number of nitrogens with one attached hydrogen (secondary N) is 1. The third-order valence-corrected chi connectivity index (χ3v) is 6.13. The first-order valence-electron chi connectivity index (χ1n) is 12.9. The van der Waals surface area contributed by atoms with E-state index >= 15 is 0 Å². The highest BCUT2D eigenvalue weighted by Crippen LogP contribution is 2.35. The van der Waals surface area contributed by atoms with Gasteiger partial charge in [0.15, 0.2) is 0 Å². The van der Waals surface area contributed by atoms with Crippen LogP contribution in [-0.2, 0) is 14.3 Å². The van der Waals surface area contributed by atoms with Crippen LogP contribution in [0.2, 0.25) is 0 Å². The Balaban J connectivity index is 0.000000398. The lowest BCUT2D eigenvalue weighted by molar-refractivity contribution is -0.109. The molecule has 2 amide bonds. The van der Waals surface area contributed by atoms with Crippen molar-refractivity contribution < 1.29 is 53.9 Å². The molecule has 1 fully saturated rings. The number of aromatic hydroxyl groups is 4. The maximum Gasteiger partial charge on any atom is 0.338 e. The minimum Gasteiger partial charge on any atom is -0.508 e. The average molecular weight is 612 g/mol. The molecule has 14 nitrogen and oxygen atoms in total. The van der Waals surface area contributed by atoms with E-state index in [1.807, 2.05) is 11.9 Å². The van der Waals surface area contributed by atoms with Crippen LogP contribution in [0.3, 0.4) is 0 Å². The van der Waals surface area contributed by atoms with Crippen LogP contribution in [0.5, 0.6) is 23.0 Å². The summed E-state index contributed by atoms with van der Waals surface area (Å²) in [5, 5.41) is 41.8. The summed E-state index contributed by atoms with van der Waals surface area (Å²) in [6, 6.07) is 11.5. The number of carbonyl (C=O) groups excluding carboxylic acids is 5. The van der Waals surface area contributed by atoms with Crippen LogP contribution < -0.4 is 11.1 Å². The van der Waals surface area contributed by atoms with Gasteiger partial charge in [0, 0.05) is 25.7 Å². The number of hydrogen-bond acceptors (Lipinski definition) is 12. The van der Waals surface area contributed by atoms with E-state index in [1.165, 1.54) is 42.5 Å². The molecule has 1 aliphatic heterocycles. The maximum absolute atomic E-state index is 12.9. The van der Waals surface area contributed by atoms with Crippen LogP contribution in [0.4, 0.5) is 0 Å². The van der Waals surface area contributed by atoms with E-state index in [-0.39, 0.29) is 23.0 Å². The molecular formula is C30H33N3O11. The first kappa shape index (κ1) is 34.6. The van der Waals surface area contributed by atoms with E-state index in [9.17, 15) is 34.5 Å². The van der Waals surface area contributed by atoms with Crippen molar-refractivity contribution in [2.24, 2.45) is 5.73 Å². The van der Waals surface area contributed by atoms with Crippen molar-refractivity contribution in [2.45, 2.75) is 12.5 Å². The molecule has 1 unspecified atom stereocenters. The second-order valence-electron chi connectivity index (χ2n) is 9.31. The van der Waals surface area contributed by atoms with Gasteiger partial charge in [-0.05, 0) is 62.0 Å². The van der Waals surface area contributed by atoms with Crippen LogP contribution in [0, 0.1) is 0 Å². The van der Waals surface area contributed by atoms with E-state index in [2.05, 4.69) is 10.1 Å². The largest absolute Gasteiger partial charge is 0.508 e. The zero-order valence-electron chi connectivity index (χ0n) is 24.1. The molecule has 234 valence electrons. The number of rotatable bonds is 7. The predicted octanol–water partition coefficient (Wildman–Crippen LogP) is 1.54. The van der Waals surface area contributed by atoms with Gasteiger partial charge < -0.3 is 45.9 Å². The monoisotopic (exact) mass is 611 g/mol. The zero-order chi connectivity index (χ0) is 33.0. The number of phenolic OH excluding ortho intramolecular Hbond substituents is 4. The van der Waals surface area contributed by atoms with Gasteiger partial charge in [-0.1, -0.05) is 6.07 Å². The Morgan fingerprint density at radius 3 is 1.98 bits per heavy atom. The third kappa shape index (κ3) is 9.19. The quantitative estimate of drug-likeness (QED) is 0.127. The van der Waals surface area contributed by atoms with Gasteiger partial charge in [0.1, 0.15) is 34.7 Å². The van der Waals surface area contributed by atoms with Crippen LogP contribution in [0.1, 0.15) is 53.4 Å². The van der Waals surface area contributed by atoms with Gasteiger partial charge >= 0.3 is 11.9 Å². The van der Waals surface area contributed by atoms with Crippen LogP contribution in [0.15, 0.2) is 54.6 Å². The molecule has 7 N–H and O–H groups in total. The van der Waals surface area contributed by atoms with Crippen molar-refractivity contribution in [3.05, 3.63) is 82.4 Å². The summed E-state index contributed by atoms with van der Waals surface area (Å²) in [6.45, 7) is 1.36. The molecule has 1 saturated heterocycles. The molecule has 44 heavy (non-hydrogen) atoms. The average Bonchev–Trinajstić information content (AvgIpc) is 3.40. The molecule has 1 atom stereocenters. The Morgan fingerprint density at radius 2 is 1.50 bits per heavy atom. The number of likely N-dealkylation sites (N-methyl/N-ethyl adjacent to an activating group) is 1. The number of phenols is 4. The van der Waals surface area contributed by atoms with Gasteiger partial charge in [0.2, 0.25) is 18.1 Å². The number of esters is 2. The molecule has 0 spiro atoms. The second kappa shape index (κ2) is 16.1. The minimum absolute atomic E-state index is 0.130. The first-order valence-corrected chi connectivity index (χ1v) is 12.9. The summed E-state index contributed by atoms with van der Waals surface area (Å²) in [7, 11) is 4.57. The number of primary amides is 1. The van der Waals surface area contributed by atoms with Gasteiger partial charge in [-0.2, -0.15) is 0 Å². The highest BCUT2D eigenvalue weighted by Gasteiger charge is 2.29. The fourth-order valence-electron chi connectivity index (χ4n) is 3.98. The van der Waals surface area contributed by atoms with Gasteiger partial charge in [0.05, 0.1) is 23.8 Å². The van der Waals surface area contributed by atoms with Crippen molar-refractivity contribution in [2.75, 3.05) is 34.3 Å². The van der Waals surface area contributed by atoms with E-state index in [0.29, 0.717) is 24.9 Å². The standard InChI is InChI=1S/C21H21NO8.C7H7NO2.C2H5NO/c1-22-7-6-12(10-22)30-20(27)11-8-15(24)18(16(25)9-11)19(26)17-13(21(28)29-2)4-3-5-14(17)23;8-7(10)5-1-3-6(9)4-2-5;1-3-2-4/h3-5,8-9,12,23-25H,6-7,10H2,1-2H3;1-4,9H,(H2,8,10);2H,1H3,(H,3,4). The van der Waals surface area contributed by atoms with Crippen molar-refractivity contribution in [3.63, 3.8) is 0 Å². The summed E-state index contributed by atoms with van der Waals surface area (Å²) in [4.78, 5) is 58.8. The van der Waals surface area contributed by atoms with Crippen molar-refractivity contribution in [3.8, 4) is 23.0 Å². The zero-order valence-corrected chi connectivity index (χ0v) is 24.1. The number of methoxy groups -OCH3 is 1. The number of likely N-dealkylation sites (tertiary alicyclic amines) is 1. The third-order valence-electron chi connectivity index (χ3n) is 6.13. The summed E-state index contributed by atoms with van der Waals surface area (Å²) in [5.41, 5.74) is 3.95. The highest BCUT2D eigenvalue weighted by molar-refractivity contribution is 6.18. The Kier molecular flexibility index (Phi) is 12.7. The predicted molar refractivity (Wildman–Crippen MR) is 156 cm³/mol. The lowest BCUT2D eigenvalue weighted by Gasteiger charge is -2.14. The molecule has 3 aromatic rings. The molecule has 4 rings (SSSR count). The fourth-order valence-corrected chi connectivity index (χ4v) is 3.98. The van der Waals surface area contributed by atoms with Gasteiger partial charge in [-0.3, -0.25) is 14.4 Å². The van der Waals surface area contributed by atoms with Crippen molar-refractivity contribution in [1.82, 2.24) is 10.2 Å². The Hall–Kier alpha value is -5.63. The molecule has 1 heterocycles. The van der Waals surface area contributed by atoms with E-state index in [0.717, 1.165) is 25.8 Å².